The van der Waals surface area contributed by atoms with Gasteiger partial charge in [0.15, 0.2) is 0 Å². The standard InChI is InChI=1S/C11H20N4O2.O.V/c1-7(13-9(3)11(5)15-17)6-12-8(2)10(4)14-16;;/h7,16-17H,6H2,1-5H3;;/b12-8?,13-9?,14-10-,15-11-;;. The van der Waals surface area contributed by atoms with Crippen LogP contribution in [0.5, 0.6) is 0 Å². The molecule has 8 heteroatoms. The molecule has 0 saturated carbocycles. The number of oxime groups is 2. The molecule has 0 aliphatic rings. The van der Waals surface area contributed by atoms with Crippen LogP contribution in [0.15, 0.2) is 20.3 Å². The van der Waals surface area contributed by atoms with Crippen LogP contribution in [0.4, 0.5) is 0 Å². The molecule has 1 unspecified atom stereocenters. The summed E-state index contributed by atoms with van der Waals surface area (Å²) in [4.78, 5) is 8.57. The molecule has 19 heavy (non-hydrogen) atoms. The average molecular weight is 307 g/mol. The first-order valence-corrected chi connectivity index (χ1v) is 6.11. The molecule has 1 atom stereocenters. The van der Waals surface area contributed by atoms with E-state index in [1.807, 2.05) is 6.92 Å². The van der Waals surface area contributed by atoms with E-state index in [1.165, 1.54) is 0 Å². The van der Waals surface area contributed by atoms with Crippen LogP contribution in [0.3, 0.4) is 0 Å². The minimum absolute atomic E-state index is 0.0202. The molecule has 0 amide bonds. The Morgan fingerprint density at radius 2 is 1.37 bits per heavy atom. The molecule has 7 nitrogen and oxygen atoms in total. The molecular formula is C11H20N4O3V. The second kappa shape index (κ2) is 11.7. The maximum atomic E-state index is 8.58. The van der Waals surface area contributed by atoms with E-state index in [0.29, 0.717) is 29.4 Å². The fourth-order valence-electron chi connectivity index (χ4n) is 0.993. The third-order valence-electron chi connectivity index (χ3n) is 2.35. The van der Waals surface area contributed by atoms with Crippen molar-refractivity contribution < 1.29 is 31.5 Å². The van der Waals surface area contributed by atoms with Gasteiger partial charge >= 0.3 is 21.0 Å². The predicted octanol–water partition coefficient (Wildman–Crippen LogP) is 1.88. The van der Waals surface area contributed by atoms with Gasteiger partial charge in [0.25, 0.3) is 0 Å². The molecule has 0 spiro atoms. The molecule has 0 radical (unpaired) electrons. The SMILES string of the molecule is CC(=NCC(C)N=C(C)/C(C)=N\O)/C(C)=N\O.[O]=[V]. The van der Waals surface area contributed by atoms with Gasteiger partial charge in [0, 0.05) is 0 Å². The molecule has 0 heterocycles. The van der Waals surface area contributed by atoms with Crippen molar-refractivity contribution in [1.82, 2.24) is 0 Å². The molecule has 0 aromatic heterocycles. The number of hydrogen-bond donors (Lipinski definition) is 2. The quantitative estimate of drug-likeness (QED) is 0.460. The third-order valence-corrected chi connectivity index (χ3v) is 2.35. The Morgan fingerprint density at radius 1 is 0.947 bits per heavy atom. The van der Waals surface area contributed by atoms with Crippen molar-refractivity contribution in [2.24, 2.45) is 20.3 Å². The maximum absolute atomic E-state index is 8.58. The third kappa shape index (κ3) is 9.27. The van der Waals surface area contributed by atoms with E-state index in [2.05, 4.69) is 20.3 Å². The molecule has 0 saturated heterocycles. The summed E-state index contributed by atoms with van der Waals surface area (Å²) in [6.07, 6.45) is 0. The van der Waals surface area contributed by atoms with Crippen molar-refractivity contribution in [3.05, 3.63) is 0 Å². The van der Waals surface area contributed by atoms with E-state index in [9.17, 15) is 0 Å². The van der Waals surface area contributed by atoms with Gasteiger partial charge in [-0.2, -0.15) is 0 Å². The minimum atomic E-state index is -0.0202. The van der Waals surface area contributed by atoms with Crippen LogP contribution in [-0.4, -0.2) is 45.8 Å². The van der Waals surface area contributed by atoms with Crippen LogP contribution in [0.1, 0.15) is 34.6 Å². The van der Waals surface area contributed by atoms with E-state index >= 15 is 0 Å². The number of hydrogen-bond acceptors (Lipinski definition) is 7. The molecule has 0 aliphatic heterocycles. The Labute approximate surface area is 122 Å². The van der Waals surface area contributed by atoms with Gasteiger partial charge in [0.05, 0.1) is 35.4 Å². The van der Waals surface area contributed by atoms with E-state index in [1.54, 1.807) is 27.7 Å². The average Bonchev–Trinajstić information content (AvgIpc) is 2.44. The van der Waals surface area contributed by atoms with Gasteiger partial charge in [-0.25, -0.2) is 0 Å². The van der Waals surface area contributed by atoms with Crippen LogP contribution in [-0.2, 0) is 21.0 Å². The molecule has 0 fully saturated rings. The summed E-state index contributed by atoms with van der Waals surface area (Å²) in [7, 11) is 0. The zero-order chi connectivity index (χ0) is 15.4. The van der Waals surface area contributed by atoms with E-state index in [4.69, 9.17) is 14.1 Å². The van der Waals surface area contributed by atoms with Crippen LogP contribution in [0.2, 0.25) is 0 Å². The molecule has 2 N–H and O–H groups in total. The van der Waals surface area contributed by atoms with Crippen molar-refractivity contribution in [1.29, 1.82) is 0 Å². The van der Waals surface area contributed by atoms with Gasteiger partial charge in [-0.1, -0.05) is 10.3 Å². The molecule has 0 rings (SSSR count). The van der Waals surface area contributed by atoms with Crippen LogP contribution >= 0.6 is 0 Å². The molecular weight excluding hydrogens is 287 g/mol. The summed E-state index contributed by atoms with van der Waals surface area (Å²) < 4.78 is 8.19. The zero-order valence-electron chi connectivity index (χ0n) is 11.8. The van der Waals surface area contributed by atoms with Crippen LogP contribution < -0.4 is 0 Å². The van der Waals surface area contributed by atoms with E-state index < -0.39 is 0 Å². The van der Waals surface area contributed by atoms with Gasteiger partial charge in [-0.05, 0) is 34.6 Å². The predicted molar refractivity (Wildman–Crippen MR) is 71.0 cm³/mol. The fraction of sp³-hybridized carbons (Fsp3) is 0.636. The Morgan fingerprint density at radius 3 is 1.79 bits per heavy atom. The summed E-state index contributed by atoms with van der Waals surface area (Å²) in [6, 6.07) is -0.0202. The second-order valence-corrected chi connectivity index (χ2v) is 3.86. The summed E-state index contributed by atoms with van der Waals surface area (Å²) >= 11 is 1.06. The second-order valence-electron chi connectivity index (χ2n) is 3.86. The topological polar surface area (TPSA) is 107 Å². The normalized spacial score (nSPS) is 15.6. The van der Waals surface area contributed by atoms with E-state index in [0.717, 1.165) is 17.4 Å². The van der Waals surface area contributed by atoms with Gasteiger partial charge in [0.2, 0.25) is 0 Å². The molecule has 0 aliphatic carbocycles. The summed E-state index contributed by atoms with van der Waals surface area (Å²) in [5, 5.41) is 23.3. The first-order chi connectivity index (χ1) is 8.92. The first kappa shape index (κ1) is 20.0. The van der Waals surface area contributed by atoms with Crippen LogP contribution in [0.25, 0.3) is 0 Å². The van der Waals surface area contributed by atoms with Crippen molar-refractivity contribution >= 4 is 22.8 Å². The van der Waals surface area contributed by atoms with Crippen molar-refractivity contribution in [2.75, 3.05) is 6.54 Å². The number of aliphatic imine (C=N–C) groups is 2. The number of nitrogens with zero attached hydrogens (tertiary/aromatic N) is 4. The number of rotatable bonds is 5. The van der Waals surface area contributed by atoms with Crippen molar-refractivity contribution in [3.8, 4) is 0 Å². The molecule has 0 aromatic rings. The zero-order valence-corrected chi connectivity index (χ0v) is 13.2. The Balaban J connectivity index is 0. The fourth-order valence-corrected chi connectivity index (χ4v) is 0.993. The van der Waals surface area contributed by atoms with E-state index in [-0.39, 0.29) is 6.04 Å². The van der Waals surface area contributed by atoms with Gasteiger partial charge in [-0.3, -0.25) is 9.98 Å². The summed E-state index contributed by atoms with van der Waals surface area (Å²) in [5.41, 5.74) is 2.34. The molecule has 107 valence electrons. The Hall–Kier alpha value is -1.34. The molecule has 0 aromatic carbocycles. The van der Waals surface area contributed by atoms with Gasteiger partial charge < -0.3 is 10.4 Å². The Bertz CT molecular complexity index is 391. The van der Waals surface area contributed by atoms with Gasteiger partial charge in [0.1, 0.15) is 0 Å². The molecule has 0 bridgehead atoms. The van der Waals surface area contributed by atoms with Crippen LogP contribution in [0, 0.1) is 0 Å². The summed E-state index contributed by atoms with van der Waals surface area (Å²) in [6.45, 7) is 9.33. The van der Waals surface area contributed by atoms with Gasteiger partial charge in [-0.15, -0.1) is 0 Å². The van der Waals surface area contributed by atoms with Crippen molar-refractivity contribution in [2.45, 2.75) is 40.7 Å². The summed E-state index contributed by atoms with van der Waals surface area (Å²) in [5.74, 6) is 0. The van der Waals surface area contributed by atoms with Crippen molar-refractivity contribution in [3.63, 3.8) is 0 Å². The first-order valence-electron chi connectivity index (χ1n) is 5.54. The monoisotopic (exact) mass is 307 g/mol. The Kier molecular flexibility index (Phi) is 12.4.